The molecule has 1 amide bonds. The number of rotatable bonds is 6. The Hall–Kier alpha value is -3.59. The molecule has 0 radical (unpaired) electrons. The molecule has 0 spiro atoms. The van der Waals surface area contributed by atoms with Crippen LogP contribution in [0.5, 0.6) is 0 Å². The van der Waals surface area contributed by atoms with Crippen LogP contribution in [0.15, 0.2) is 54.1 Å². The first-order chi connectivity index (χ1) is 14.9. The van der Waals surface area contributed by atoms with Gasteiger partial charge in [-0.2, -0.15) is 5.26 Å². The number of carbonyl (C=O) groups is 2. The Morgan fingerprint density at radius 1 is 1.19 bits per heavy atom. The first-order valence-electron chi connectivity index (χ1n) is 10.4. The molecule has 0 fully saturated rings. The van der Waals surface area contributed by atoms with Crippen molar-refractivity contribution in [3.63, 3.8) is 0 Å². The number of fused-ring (bicyclic) bond motifs is 1. The van der Waals surface area contributed by atoms with Crippen LogP contribution in [0, 0.1) is 11.3 Å². The minimum Gasteiger partial charge on any atom is -0.448 e. The highest BCUT2D eigenvalue weighted by Crippen LogP contribution is 2.29. The normalized spacial score (nSPS) is 16.5. The van der Waals surface area contributed by atoms with Gasteiger partial charge in [-0.25, -0.2) is 4.79 Å². The van der Waals surface area contributed by atoms with Crippen molar-refractivity contribution >= 4 is 23.6 Å². The summed E-state index contributed by atoms with van der Waals surface area (Å²) in [4.78, 5) is 27.0. The lowest BCUT2D eigenvalue weighted by molar-refractivity contribution is -0.151. The molecule has 160 valence electrons. The number of nitriles is 1. The first kappa shape index (κ1) is 22.1. The van der Waals surface area contributed by atoms with Gasteiger partial charge in [0.2, 0.25) is 0 Å². The second kappa shape index (κ2) is 9.94. The molecule has 0 aromatic heterocycles. The summed E-state index contributed by atoms with van der Waals surface area (Å²) in [6.45, 7) is 1.52. The van der Waals surface area contributed by atoms with Crippen LogP contribution in [0.4, 0.5) is 5.69 Å². The van der Waals surface area contributed by atoms with Crippen molar-refractivity contribution in [2.45, 2.75) is 38.3 Å². The van der Waals surface area contributed by atoms with E-state index in [1.165, 1.54) is 18.6 Å². The molecular formula is C25H27N3O3. The molecule has 2 atom stereocenters. The van der Waals surface area contributed by atoms with E-state index in [9.17, 15) is 14.9 Å². The monoisotopic (exact) mass is 417 g/mol. The molecule has 0 heterocycles. The lowest BCUT2D eigenvalue weighted by atomic mass is 9.87. The Morgan fingerprint density at radius 3 is 2.58 bits per heavy atom. The topological polar surface area (TPSA) is 82.4 Å². The summed E-state index contributed by atoms with van der Waals surface area (Å²) in [6, 6.07) is 17.2. The molecule has 1 N–H and O–H groups in total. The van der Waals surface area contributed by atoms with Gasteiger partial charge in [-0.3, -0.25) is 4.79 Å². The van der Waals surface area contributed by atoms with E-state index < -0.39 is 12.1 Å². The van der Waals surface area contributed by atoms with Gasteiger partial charge in [0, 0.05) is 19.8 Å². The van der Waals surface area contributed by atoms with Crippen LogP contribution < -0.4 is 10.2 Å². The molecule has 1 aliphatic rings. The Morgan fingerprint density at radius 2 is 1.90 bits per heavy atom. The second-order valence-corrected chi connectivity index (χ2v) is 7.86. The second-order valence-electron chi connectivity index (χ2n) is 7.86. The van der Waals surface area contributed by atoms with E-state index in [0.29, 0.717) is 5.56 Å². The smallest absolute Gasteiger partial charge is 0.349 e. The standard InChI is InChI=1S/C25H27N3O3/c1-17(24(29)27-23-10-6-8-19-7-4-5-9-22(19)23)31-25(30)20(16-26)15-18-11-13-21(14-12-18)28(2)3/h4-5,7,9,11-15,17,23H,6,8,10H2,1-3H3,(H,27,29)/b20-15+/t17-,23+/m1/s1. The largest absolute Gasteiger partial charge is 0.448 e. The number of carbonyl (C=O) groups excluding carboxylic acids is 2. The molecule has 0 unspecified atom stereocenters. The van der Waals surface area contributed by atoms with Crippen LogP contribution in [0.2, 0.25) is 0 Å². The van der Waals surface area contributed by atoms with Crippen LogP contribution in [-0.2, 0) is 20.7 Å². The van der Waals surface area contributed by atoms with Crippen molar-refractivity contribution in [3.8, 4) is 6.07 Å². The van der Waals surface area contributed by atoms with Crippen molar-refractivity contribution in [3.05, 3.63) is 70.8 Å². The number of nitrogens with one attached hydrogen (secondary N) is 1. The molecular weight excluding hydrogens is 390 g/mol. The zero-order valence-electron chi connectivity index (χ0n) is 18.1. The Kier molecular flexibility index (Phi) is 7.09. The molecule has 0 bridgehead atoms. The van der Waals surface area contributed by atoms with Crippen LogP contribution in [0.3, 0.4) is 0 Å². The van der Waals surface area contributed by atoms with Crippen molar-refractivity contribution < 1.29 is 14.3 Å². The third-order valence-corrected chi connectivity index (χ3v) is 5.40. The maximum Gasteiger partial charge on any atom is 0.349 e. The summed E-state index contributed by atoms with van der Waals surface area (Å²) >= 11 is 0. The summed E-state index contributed by atoms with van der Waals surface area (Å²) in [7, 11) is 3.86. The minimum absolute atomic E-state index is 0.0974. The number of hydrogen-bond donors (Lipinski definition) is 1. The number of anilines is 1. The number of hydrogen-bond acceptors (Lipinski definition) is 5. The maximum atomic E-state index is 12.6. The zero-order valence-corrected chi connectivity index (χ0v) is 18.1. The van der Waals surface area contributed by atoms with E-state index in [0.717, 1.165) is 30.5 Å². The van der Waals surface area contributed by atoms with Gasteiger partial charge in [0.15, 0.2) is 6.10 Å². The van der Waals surface area contributed by atoms with Gasteiger partial charge in [0.05, 0.1) is 6.04 Å². The van der Waals surface area contributed by atoms with E-state index in [4.69, 9.17) is 4.74 Å². The van der Waals surface area contributed by atoms with Gasteiger partial charge in [-0.05, 0) is 61.1 Å². The molecule has 6 nitrogen and oxygen atoms in total. The van der Waals surface area contributed by atoms with Crippen LogP contribution in [-0.4, -0.2) is 32.1 Å². The molecule has 0 aliphatic heterocycles. The highest BCUT2D eigenvalue weighted by Gasteiger charge is 2.26. The molecule has 2 aromatic rings. The average molecular weight is 418 g/mol. The average Bonchev–Trinajstić information content (AvgIpc) is 2.77. The van der Waals surface area contributed by atoms with Gasteiger partial charge < -0.3 is 15.0 Å². The van der Waals surface area contributed by atoms with E-state index in [-0.39, 0.29) is 17.5 Å². The van der Waals surface area contributed by atoms with E-state index in [2.05, 4.69) is 11.4 Å². The van der Waals surface area contributed by atoms with Gasteiger partial charge in [0.25, 0.3) is 5.91 Å². The Balaban J connectivity index is 1.63. The molecule has 1 aliphatic carbocycles. The van der Waals surface area contributed by atoms with E-state index >= 15 is 0 Å². The number of ether oxygens (including phenoxy) is 1. The van der Waals surface area contributed by atoms with Crippen molar-refractivity contribution in [2.24, 2.45) is 0 Å². The van der Waals surface area contributed by atoms with E-state index in [1.54, 1.807) is 0 Å². The zero-order chi connectivity index (χ0) is 22.4. The summed E-state index contributed by atoms with van der Waals surface area (Å²) < 4.78 is 5.28. The predicted molar refractivity (Wildman–Crippen MR) is 120 cm³/mol. The number of nitrogens with zero attached hydrogens (tertiary/aromatic N) is 2. The summed E-state index contributed by atoms with van der Waals surface area (Å²) in [5, 5.41) is 12.4. The van der Waals surface area contributed by atoms with Crippen molar-refractivity contribution in [2.75, 3.05) is 19.0 Å². The number of benzene rings is 2. The lowest BCUT2D eigenvalue weighted by Crippen LogP contribution is -2.39. The number of aryl methyl sites for hydroxylation is 1. The first-order valence-corrected chi connectivity index (χ1v) is 10.4. The molecule has 2 aromatic carbocycles. The highest BCUT2D eigenvalue weighted by atomic mass is 16.5. The molecule has 6 heteroatoms. The molecule has 31 heavy (non-hydrogen) atoms. The van der Waals surface area contributed by atoms with Gasteiger partial charge in [-0.15, -0.1) is 0 Å². The fourth-order valence-corrected chi connectivity index (χ4v) is 3.64. The fraction of sp³-hybridized carbons (Fsp3) is 0.320. The van der Waals surface area contributed by atoms with Crippen LogP contribution in [0.1, 0.15) is 42.5 Å². The highest BCUT2D eigenvalue weighted by molar-refractivity contribution is 5.99. The maximum absolute atomic E-state index is 12.6. The number of esters is 1. The van der Waals surface area contributed by atoms with Crippen LogP contribution >= 0.6 is 0 Å². The van der Waals surface area contributed by atoms with Gasteiger partial charge >= 0.3 is 5.97 Å². The lowest BCUT2D eigenvalue weighted by Gasteiger charge is -2.27. The molecule has 0 saturated carbocycles. The predicted octanol–water partition coefficient (Wildman–Crippen LogP) is 3.79. The van der Waals surface area contributed by atoms with E-state index in [1.807, 2.05) is 67.5 Å². The Labute approximate surface area is 183 Å². The summed E-state index contributed by atoms with van der Waals surface area (Å²) in [5.74, 6) is -1.19. The third kappa shape index (κ3) is 5.52. The van der Waals surface area contributed by atoms with Crippen molar-refractivity contribution in [1.29, 1.82) is 5.26 Å². The minimum atomic E-state index is -1.01. The van der Waals surface area contributed by atoms with Gasteiger partial charge in [0.1, 0.15) is 11.6 Å². The SMILES string of the molecule is C[C@@H](OC(=O)/C(C#N)=C/c1ccc(N(C)C)cc1)C(=O)N[C@H]1CCCc2ccccc21. The quantitative estimate of drug-likeness (QED) is 0.439. The van der Waals surface area contributed by atoms with Crippen LogP contribution in [0.25, 0.3) is 6.08 Å². The molecule has 3 rings (SSSR count). The number of amides is 1. The summed E-state index contributed by atoms with van der Waals surface area (Å²) in [6.07, 6.45) is 3.29. The third-order valence-electron chi connectivity index (χ3n) is 5.40. The van der Waals surface area contributed by atoms with Crippen molar-refractivity contribution in [1.82, 2.24) is 5.32 Å². The summed E-state index contributed by atoms with van der Waals surface area (Å²) in [5.41, 5.74) is 3.90. The molecule has 0 saturated heterocycles. The Bertz CT molecular complexity index is 1020. The fourth-order valence-electron chi connectivity index (χ4n) is 3.64. The van der Waals surface area contributed by atoms with Gasteiger partial charge in [-0.1, -0.05) is 36.4 Å².